The number of fused-ring (bicyclic) bond motifs is 4. The SMILES string of the molecule is Cc1cc([C@H]2C3=CC[C@@H]4C(=O)N(c5ccc(N6CCOCC6)cc5)C(=O)[C@@H]4[C@@H]3C[C@@]3(Cl)C(=O)N(C)C(=O)[C@@]23Cl)cc(C)c1O. The van der Waals surface area contributed by atoms with Gasteiger partial charge in [-0.3, -0.25) is 29.0 Å². The number of imide groups is 2. The van der Waals surface area contributed by atoms with Crippen LogP contribution in [0.4, 0.5) is 11.4 Å². The molecule has 44 heavy (non-hydrogen) atoms. The number of aryl methyl sites for hydroxylation is 2. The predicted octanol–water partition coefficient (Wildman–Crippen LogP) is 4.04. The molecule has 0 spiro atoms. The highest BCUT2D eigenvalue weighted by molar-refractivity contribution is 6.53. The molecule has 6 atom stereocenters. The lowest BCUT2D eigenvalue weighted by molar-refractivity contribution is -0.138. The average Bonchev–Trinajstić information content (AvgIpc) is 3.35. The van der Waals surface area contributed by atoms with Gasteiger partial charge in [0.25, 0.3) is 11.8 Å². The second-order valence-corrected chi connectivity index (χ2v) is 13.9. The highest BCUT2D eigenvalue weighted by Crippen LogP contribution is 2.65. The molecule has 0 aromatic heterocycles. The van der Waals surface area contributed by atoms with E-state index >= 15 is 0 Å². The molecule has 7 rings (SSSR count). The Hall–Kier alpha value is -3.40. The fourth-order valence-corrected chi connectivity index (χ4v) is 9.18. The molecule has 4 amide bonds. The number of carbonyl (C=O) groups excluding carboxylic acids is 4. The van der Waals surface area contributed by atoms with Crippen molar-refractivity contribution < 1.29 is 29.0 Å². The number of aromatic hydroxyl groups is 1. The van der Waals surface area contributed by atoms with Crippen LogP contribution in [0.3, 0.4) is 0 Å². The number of rotatable bonds is 3. The fraction of sp³-hybridized carbons (Fsp3) is 0.455. The number of phenolic OH excluding ortho intramolecular Hbond substituents is 1. The molecule has 4 fully saturated rings. The zero-order valence-electron chi connectivity index (χ0n) is 24.7. The van der Waals surface area contributed by atoms with Crippen LogP contribution in [0.1, 0.15) is 35.4 Å². The van der Waals surface area contributed by atoms with Crippen LogP contribution in [-0.2, 0) is 23.9 Å². The van der Waals surface area contributed by atoms with Gasteiger partial charge in [-0.2, -0.15) is 0 Å². The van der Waals surface area contributed by atoms with Crippen LogP contribution in [0.2, 0.25) is 0 Å². The van der Waals surface area contributed by atoms with E-state index in [1.807, 2.05) is 18.2 Å². The molecule has 3 saturated heterocycles. The summed E-state index contributed by atoms with van der Waals surface area (Å²) in [5.41, 5.74) is 3.99. The average molecular weight is 639 g/mol. The lowest BCUT2D eigenvalue weighted by Gasteiger charge is -2.51. The van der Waals surface area contributed by atoms with Gasteiger partial charge < -0.3 is 14.7 Å². The molecule has 2 aromatic rings. The van der Waals surface area contributed by atoms with Crippen LogP contribution >= 0.6 is 23.2 Å². The highest BCUT2D eigenvalue weighted by atomic mass is 35.5. The van der Waals surface area contributed by atoms with Crippen molar-refractivity contribution in [1.82, 2.24) is 4.90 Å². The number of allylic oxidation sites excluding steroid dienone is 2. The minimum atomic E-state index is -1.86. The first-order chi connectivity index (χ1) is 20.9. The van der Waals surface area contributed by atoms with E-state index in [-0.39, 0.29) is 30.4 Å². The first kappa shape index (κ1) is 29.3. The number of anilines is 2. The molecule has 1 N–H and O–H groups in total. The number of ether oxygens (including phenoxy) is 1. The maximum atomic E-state index is 14.3. The van der Waals surface area contributed by atoms with Gasteiger partial charge in [-0.05, 0) is 73.6 Å². The van der Waals surface area contributed by atoms with Gasteiger partial charge in [0.2, 0.25) is 11.8 Å². The number of carbonyl (C=O) groups is 4. The van der Waals surface area contributed by atoms with Gasteiger partial charge in [0.1, 0.15) is 5.75 Å². The summed E-state index contributed by atoms with van der Waals surface area (Å²) >= 11 is 14.5. The number of benzene rings is 2. The molecule has 11 heteroatoms. The normalized spacial score (nSPS) is 33.4. The molecule has 5 aliphatic rings. The number of nitrogens with zero attached hydrogens (tertiary/aromatic N) is 3. The minimum Gasteiger partial charge on any atom is -0.507 e. The summed E-state index contributed by atoms with van der Waals surface area (Å²) in [5.74, 6) is -4.60. The van der Waals surface area contributed by atoms with Crippen LogP contribution in [0.15, 0.2) is 48.0 Å². The number of likely N-dealkylation sites (tertiary alicyclic amines) is 1. The van der Waals surface area contributed by atoms with E-state index in [0.717, 1.165) is 29.2 Å². The van der Waals surface area contributed by atoms with Crippen LogP contribution < -0.4 is 9.80 Å². The molecule has 3 heterocycles. The third kappa shape index (κ3) is 3.82. The Morgan fingerprint density at radius 1 is 0.886 bits per heavy atom. The van der Waals surface area contributed by atoms with E-state index in [4.69, 9.17) is 27.9 Å². The predicted molar refractivity (Wildman–Crippen MR) is 165 cm³/mol. The van der Waals surface area contributed by atoms with Gasteiger partial charge in [-0.15, -0.1) is 23.2 Å². The third-order valence-electron chi connectivity index (χ3n) is 10.3. The number of hydrogen-bond acceptors (Lipinski definition) is 7. The van der Waals surface area contributed by atoms with Crippen molar-refractivity contribution in [3.63, 3.8) is 0 Å². The molecule has 2 aliphatic carbocycles. The van der Waals surface area contributed by atoms with Crippen molar-refractivity contribution >= 4 is 58.2 Å². The van der Waals surface area contributed by atoms with Crippen molar-refractivity contribution in [2.24, 2.45) is 17.8 Å². The van der Waals surface area contributed by atoms with Crippen molar-refractivity contribution in [3.05, 3.63) is 64.7 Å². The summed E-state index contributed by atoms with van der Waals surface area (Å²) in [6, 6.07) is 10.9. The van der Waals surface area contributed by atoms with Gasteiger partial charge in [-0.1, -0.05) is 23.8 Å². The van der Waals surface area contributed by atoms with Crippen LogP contribution in [0.25, 0.3) is 0 Å². The van der Waals surface area contributed by atoms with Crippen LogP contribution in [0, 0.1) is 31.6 Å². The van der Waals surface area contributed by atoms with E-state index < -0.39 is 45.2 Å². The van der Waals surface area contributed by atoms with E-state index in [0.29, 0.717) is 35.6 Å². The summed E-state index contributed by atoms with van der Waals surface area (Å²) in [6.07, 6.45) is 2.15. The second-order valence-electron chi connectivity index (χ2n) is 12.6. The number of alkyl halides is 2. The Bertz CT molecular complexity index is 1630. The molecular weight excluding hydrogens is 605 g/mol. The number of amides is 4. The zero-order valence-corrected chi connectivity index (χ0v) is 26.2. The molecule has 0 unspecified atom stereocenters. The Morgan fingerprint density at radius 3 is 2.14 bits per heavy atom. The van der Waals surface area contributed by atoms with E-state index in [1.54, 1.807) is 38.1 Å². The molecular formula is C33H33Cl2N3O6. The molecule has 0 bridgehead atoms. The molecule has 1 saturated carbocycles. The standard InChI is InChI=1S/C33H33Cl2N3O6/c1-17-14-19(15-18(2)27(17)39)26-22-8-9-23-25(24(22)16-32(34)30(42)36(3)31(43)33(26,32)35)29(41)38(28(23)40)21-6-4-20(5-7-21)37-10-12-44-13-11-37/h4-8,14-15,23-26,39H,9-13,16H2,1-3H3/t23-,24+,25-,26-,32+,33-/m0/s1. The number of phenols is 1. The fourth-order valence-electron chi connectivity index (χ4n) is 8.16. The second kappa shape index (κ2) is 10.1. The molecule has 2 aromatic carbocycles. The molecule has 9 nitrogen and oxygen atoms in total. The molecule has 0 radical (unpaired) electrons. The Kier molecular flexibility index (Phi) is 6.70. The quantitative estimate of drug-likeness (QED) is 0.307. The van der Waals surface area contributed by atoms with Crippen molar-refractivity contribution in [2.45, 2.75) is 42.4 Å². The van der Waals surface area contributed by atoms with Crippen molar-refractivity contribution in [3.8, 4) is 5.75 Å². The Balaban J connectivity index is 1.30. The van der Waals surface area contributed by atoms with E-state index in [2.05, 4.69) is 4.90 Å². The lowest BCUT2D eigenvalue weighted by Crippen LogP contribution is -2.60. The maximum absolute atomic E-state index is 14.3. The Labute approximate surface area is 265 Å². The largest absolute Gasteiger partial charge is 0.507 e. The van der Waals surface area contributed by atoms with Gasteiger partial charge in [-0.25, -0.2) is 0 Å². The van der Waals surface area contributed by atoms with Gasteiger partial charge in [0, 0.05) is 31.7 Å². The van der Waals surface area contributed by atoms with Crippen LogP contribution in [0.5, 0.6) is 5.75 Å². The van der Waals surface area contributed by atoms with E-state index in [9.17, 15) is 24.3 Å². The lowest BCUT2D eigenvalue weighted by atomic mass is 9.56. The zero-order chi connectivity index (χ0) is 31.3. The van der Waals surface area contributed by atoms with E-state index in [1.165, 1.54) is 11.9 Å². The number of halogens is 2. The maximum Gasteiger partial charge on any atom is 0.253 e. The third-order valence-corrected chi connectivity index (χ3v) is 11.8. The first-order valence-electron chi connectivity index (χ1n) is 14.9. The van der Waals surface area contributed by atoms with Crippen molar-refractivity contribution in [1.29, 1.82) is 0 Å². The number of morpholine rings is 1. The van der Waals surface area contributed by atoms with Crippen molar-refractivity contribution in [2.75, 3.05) is 43.2 Å². The summed E-state index contributed by atoms with van der Waals surface area (Å²) in [4.78, 5) is 56.3. The van der Waals surface area contributed by atoms with Gasteiger partial charge in [0.05, 0.1) is 30.7 Å². The molecule has 230 valence electrons. The summed E-state index contributed by atoms with van der Waals surface area (Å²) in [5, 5.41) is 10.5. The Morgan fingerprint density at radius 2 is 1.50 bits per heavy atom. The summed E-state index contributed by atoms with van der Waals surface area (Å²) < 4.78 is 5.45. The monoisotopic (exact) mass is 637 g/mol. The van der Waals surface area contributed by atoms with Gasteiger partial charge in [0.15, 0.2) is 9.75 Å². The van der Waals surface area contributed by atoms with Gasteiger partial charge >= 0.3 is 0 Å². The highest BCUT2D eigenvalue weighted by Gasteiger charge is 2.75. The first-order valence-corrected chi connectivity index (χ1v) is 15.7. The van der Waals surface area contributed by atoms with Crippen LogP contribution in [-0.4, -0.2) is 76.7 Å². The number of hydrogen-bond donors (Lipinski definition) is 1. The smallest absolute Gasteiger partial charge is 0.253 e. The summed E-state index contributed by atoms with van der Waals surface area (Å²) in [7, 11) is 1.37. The summed E-state index contributed by atoms with van der Waals surface area (Å²) in [6.45, 7) is 6.32. The minimum absolute atomic E-state index is 0.0602. The topological polar surface area (TPSA) is 107 Å². The molecule has 3 aliphatic heterocycles.